The molecule has 1 N–H and O–H groups in total. The summed E-state index contributed by atoms with van der Waals surface area (Å²) in [4.78, 5) is 0. The van der Waals surface area contributed by atoms with Gasteiger partial charge in [0.05, 0.1) is 18.3 Å². The first-order chi connectivity index (χ1) is 7.29. The van der Waals surface area contributed by atoms with Crippen molar-refractivity contribution >= 4 is 0 Å². The van der Waals surface area contributed by atoms with Gasteiger partial charge in [0.15, 0.2) is 0 Å². The lowest BCUT2D eigenvalue weighted by atomic mass is 9.70. The van der Waals surface area contributed by atoms with Gasteiger partial charge in [0.1, 0.15) is 0 Å². The predicted octanol–water partition coefficient (Wildman–Crippen LogP) is 2.99. The standard InChI is InChI=1S/C14H26O2/c1-9(15)10(2)16-12-8-11-6-7-14(12,5)13(11,3)4/h9-12,15H,6-8H2,1-5H3/t9-,10?,11?,12?,14?/m1/s1. The fourth-order valence-electron chi connectivity index (χ4n) is 3.71. The average Bonchev–Trinajstić information content (AvgIpc) is 2.50. The van der Waals surface area contributed by atoms with Crippen LogP contribution in [-0.4, -0.2) is 23.4 Å². The van der Waals surface area contributed by atoms with Crippen LogP contribution in [0.25, 0.3) is 0 Å². The van der Waals surface area contributed by atoms with Crippen LogP contribution in [0.5, 0.6) is 0 Å². The van der Waals surface area contributed by atoms with Gasteiger partial charge in [-0.05, 0) is 49.9 Å². The molecule has 0 aromatic heterocycles. The third kappa shape index (κ3) is 1.53. The molecule has 0 radical (unpaired) electrons. The first kappa shape index (κ1) is 12.4. The minimum Gasteiger partial charge on any atom is -0.391 e. The van der Waals surface area contributed by atoms with Crippen molar-refractivity contribution in [3.8, 4) is 0 Å². The maximum Gasteiger partial charge on any atom is 0.0807 e. The van der Waals surface area contributed by atoms with Gasteiger partial charge in [0.2, 0.25) is 0 Å². The van der Waals surface area contributed by atoms with Crippen molar-refractivity contribution in [3.63, 3.8) is 0 Å². The summed E-state index contributed by atoms with van der Waals surface area (Å²) in [5, 5.41) is 9.54. The summed E-state index contributed by atoms with van der Waals surface area (Å²) in [6.45, 7) is 10.9. The van der Waals surface area contributed by atoms with Gasteiger partial charge < -0.3 is 9.84 Å². The Kier molecular flexibility index (Phi) is 2.87. The summed E-state index contributed by atoms with van der Waals surface area (Å²) in [5.41, 5.74) is 0.705. The van der Waals surface area contributed by atoms with E-state index in [2.05, 4.69) is 20.8 Å². The number of ether oxygens (including phenoxy) is 1. The van der Waals surface area contributed by atoms with Crippen LogP contribution in [0.1, 0.15) is 53.9 Å². The third-order valence-electron chi connectivity index (χ3n) is 5.77. The quantitative estimate of drug-likeness (QED) is 0.801. The van der Waals surface area contributed by atoms with Gasteiger partial charge in [0, 0.05) is 0 Å². The van der Waals surface area contributed by atoms with Crippen molar-refractivity contribution in [2.75, 3.05) is 0 Å². The predicted molar refractivity (Wildman–Crippen MR) is 65.2 cm³/mol. The molecule has 2 bridgehead atoms. The number of aliphatic hydroxyl groups is 1. The Hall–Kier alpha value is -0.0800. The number of hydrogen-bond donors (Lipinski definition) is 1. The Morgan fingerprint density at radius 2 is 1.88 bits per heavy atom. The van der Waals surface area contributed by atoms with Gasteiger partial charge in [-0.1, -0.05) is 20.8 Å². The molecule has 2 heteroatoms. The molecule has 0 heterocycles. The molecule has 2 fully saturated rings. The highest BCUT2D eigenvalue weighted by Gasteiger charge is 2.62. The summed E-state index contributed by atoms with van der Waals surface area (Å²) in [7, 11) is 0. The average molecular weight is 226 g/mol. The molecule has 0 aromatic carbocycles. The van der Waals surface area contributed by atoms with E-state index in [1.165, 1.54) is 19.3 Å². The zero-order valence-corrected chi connectivity index (χ0v) is 11.3. The first-order valence-corrected chi connectivity index (χ1v) is 6.62. The van der Waals surface area contributed by atoms with Gasteiger partial charge >= 0.3 is 0 Å². The van der Waals surface area contributed by atoms with Crippen LogP contribution in [0.4, 0.5) is 0 Å². The van der Waals surface area contributed by atoms with Gasteiger partial charge in [-0.25, -0.2) is 0 Å². The summed E-state index contributed by atoms with van der Waals surface area (Å²) in [6.07, 6.45) is 3.74. The summed E-state index contributed by atoms with van der Waals surface area (Å²) in [5.74, 6) is 0.809. The molecule has 2 nitrogen and oxygen atoms in total. The lowest BCUT2D eigenvalue weighted by molar-refractivity contribution is -0.113. The highest BCUT2D eigenvalue weighted by atomic mass is 16.5. The van der Waals surface area contributed by atoms with Crippen LogP contribution in [0.15, 0.2) is 0 Å². The lowest BCUT2D eigenvalue weighted by Crippen LogP contribution is -2.40. The lowest BCUT2D eigenvalue weighted by Gasteiger charge is -2.40. The Bertz CT molecular complexity index is 272. The van der Waals surface area contributed by atoms with Crippen molar-refractivity contribution < 1.29 is 9.84 Å². The van der Waals surface area contributed by atoms with Gasteiger partial charge in [-0.15, -0.1) is 0 Å². The smallest absolute Gasteiger partial charge is 0.0807 e. The molecule has 2 aliphatic carbocycles. The molecule has 0 spiro atoms. The van der Waals surface area contributed by atoms with Crippen molar-refractivity contribution in [1.82, 2.24) is 0 Å². The number of aliphatic hydroxyl groups excluding tert-OH is 1. The van der Waals surface area contributed by atoms with Crippen LogP contribution in [-0.2, 0) is 4.74 Å². The first-order valence-electron chi connectivity index (χ1n) is 6.62. The molecule has 94 valence electrons. The Morgan fingerprint density at radius 1 is 1.25 bits per heavy atom. The van der Waals surface area contributed by atoms with E-state index < -0.39 is 0 Å². The normalized spacial score (nSPS) is 44.6. The monoisotopic (exact) mass is 226 g/mol. The van der Waals surface area contributed by atoms with E-state index in [-0.39, 0.29) is 12.2 Å². The fraction of sp³-hybridized carbons (Fsp3) is 1.00. The Morgan fingerprint density at radius 3 is 2.25 bits per heavy atom. The summed E-state index contributed by atoms with van der Waals surface area (Å²) < 4.78 is 6.10. The van der Waals surface area contributed by atoms with Crippen molar-refractivity contribution in [2.45, 2.75) is 72.2 Å². The van der Waals surface area contributed by atoms with E-state index in [4.69, 9.17) is 4.74 Å². The van der Waals surface area contributed by atoms with Gasteiger partial charge in [-0.3, -0.25) is 0 Å². The molecule has 0 saturated heterocycles. The molecule has 2 rings (SSSR count). The highest BCUT2D eigenvalue weighted by Crippen LogP contribution is 2.66. The molecule has 2 saturated carbocycles. The van der Waals surface area contributed by atoms with Crippen LogP contribution >= 0.6 is 0 Å². The van der Waals surface area contributed by atoms with Crippen LogP contribution < -0.4 is 0 Å². The topological polar surface area (TPSA) is 29.5 Å². The van der Waals surface area contributed by atoms with E-state index in [0.29, 0.717) is 16.9 Å². The number of fused-ring (bicyclic) bond motifs is 2. The zero-order chi connectivity index (χ0) is 12.1. The van der Waals surface area contributed by atoms with Gasteiger partial charge in [-0.2, -0.15) is 0 Å². The molecule has 16 heavy (non-hydrogen) atoms. The maximum absolute atomic E-state index is 9.54. The molecule has 2 aliphatic rings. The molecular weight excluding hydrogens is 200 g/mol. The summed E-state index contributed by atoms with van der Waals surface area (Å²) >= 11 is 0. The minimum absolute atomic E-state index is 0.0445. The summed E-state index contributed by atoms with van der Waals surface area (Å²) in [6, 6.07) is 0. The maximum atomic E-state index is 9.54. The van der Waals surface area contributed by atoms with Gasteiger partial charge in [0.25, 0.3) is 0 Å². The second-order valence-electron chi connectivity index (χ2n) is 6.68. The van der Waals surface area contributed by atoms with Crippen LogP contribution in [0.3, 0.4) is 0 Å². The van der Waals surface area contributed by atoms with Crippen molar-refractivity contribution in [3.05, 3.63) is 0 Å². The number of hydrogen-bond acceptors (Lipinski definition) is 2. The third-order valence-corrected chi connectivity index (χ3v) is 5.77. The molecular formula is C14H26O2. The second kappa shape index (κ2) is 3.71. The van der Waals surface area contributed by atoms with E-state index >= 15 is 0 Å². The number of rotatable bonds is 3. The molecule has 4 unspecified atom stereocenters. The second-order valence-corrected chi connectivity index (χ2v) is 6.68. The fourth-order valence-corrected chi connectivity index (χ4v) is 3.71. The van der Waals surface area contributed by atoms with E-state index in [0.717, 1.165) is 5.92 Å². The SMILES string of the molecule is CC(OC1CC2CCC1(C)C2(C)C)[C@@H](C)O. The minimum atomic E-state index is -0.370. The largest absolute Gasteiger partial charge is 0.391 e. The molecule has 0 aromatic rings. The Balaban J connectivity index is 2.10. The van der Waals surface area contributed by atoms with E-state index in [1.54, 1.807) is 0 Å². The molecule has 5 atom stereocenters. The van der Waals surface area contributed by atoms with E-state index in [1.807, 2.05) is 13.8 Å². The Labute approximate surface area is 99.4 Å². The molecule has 0 aliphatic heterocycles. The molecule has 0 amide bonds. The van der Waals surface area contributed by atoms with Crippen molar-refractivity contribution in [1.29, 1.82) is 0 Å². The van der Waals surface area contributed by atoms with Crippen molar-refractivity contribution in [2.24, 2.45) is 16.7 Å². The van der Waals surface area contributed by atoms with E-state index in [9.17, 15) is 5.11 Å². The van der Waals surface area contributed by atoms with Crippen LogP contribution in [0, 0.1) is 16.7 Å². The highest BCUT2D eigenvalue weighted by molar-refractivity contribution is 5.11. The van der Waals surface area contributed by atoms with Crippen LogP contribution in [0.2, 0.25) is 0 Å². The zero-order valence-electron chi connectivity index (χ0n) is 11.3.